The van der Waals surface area contributed by atoms with Gasteiger partial charge < -0.3 is 15.2 Å². The lowest BCUT2D eigenvalue weighted by molar-refractivity contribution is 0.100. The highest BCUT2D eigenvalue weighted by Gasteiger charge is 2.02. The molecule has 2 N–H and O–H groups in total. The Morgan fingerprint density at radius 1 is 1.25 bits per heavy atom. The van der Waals surface area contributed by atoms with Gasteiger partial charge in [-0.25, -0.2) is 4.39 Å². The number of halogens is 1. The first-order valence-corrected chi connectivity index (χ1v) is 5.47. The molecule has 0 heterocycles. The summed E-state index contributed by atoms with van der Waals surface area (Å²) in [6.07, 6.45) is 0.986. The maximum Gasteiger partial charge on any atom is 0.131 e. The second-order valence-electron chi connectivity index (χ2n) is 3.42. The summed E-state index contributed by atoms with van der Waals surface area (Å²) in [7, 11) is 0. The quantitative estimate of drug-likeness (QED) is 0.725. The molecule has 0 bridgehead atoms. The van der Waals surface area contributed by atoms with E-state index in [2.05, 4.69) is 0 Å². The van der Waals surface area contributed by atoms with E-state index in [9.17, 15) is 4.39 Å². The second kappa shape index (κ2) is 7.19. The van der Waals surface area contributed by atoms with Gasteiger partial charge >= 0.3 is 0 Å². The maximum atomic E-state index is 13.3. The van der Waals surface area contributed by atoms with E-state index in [4.69, 9.17) is 15.2 Å². The van der Waals surface area contributed by atoms with E-state index >= 15 is 0 Å². The molecule has 16 heavy (non-hydrogen) atoms. The van der Waals surface area contributed by atoms with E-state index < -0.39 is 0 Å². The van der Waals surface area contributed by atoms with Crippen LogP contribution in [0.2, 0.25) is 0 Å². The van der Waals surface area contributed by atoms with E-state index in [0.29, 0.717) is 24.5 Å². The Kier molecular flexibility index (Phi) is 5.82. The molecule has 0 saturated heterocycles. The van der Waals surface area contributed by atoms with Crippen LogP contribution in [0.1, 0.15) is 18.9 Å². The minimum absolute atomic E-state index is 0.200. The van der Waals surface area contributed by atoms with Crippen molar-refractivity contribution in [2.75, 3.05) is 19.8 Å². The van der Waals surface area contributed by atoms with Gasteiger partial charge in [-0.05, 0) is 12.5 Å². The van der Waals surface area contributed by atoms with Crippen LogP contribution in [-0.2, 0) is 11.3 Å². The number of rotatable bonds is 7. The van der Waals surface area contributed by atoms with E-state index in [1.54, 1.807) is 12.1 Å². The zero-order valence-corrected chi connectivity index (χ0v) is 9.54. The first-order valence-electron chi connectivity index (χ1n) is 5.47. The number of hydrogen-bond acceptors (Lipinski definition) is 3. The molecule has 0 aliphatic rings. The summed E-state index contributed by atoms with van der Waals surface area (Å²) < 4.78 is 23.9. The van der Waals surface area contributed by atoms with Crippen molar-refractivity contribution >= 4 is 0 Å². The first kappa shape index (κ1) is 12.9. The first-order chi connectivity index (χ1) is 7.77. The number of benzene rings is 1. The van der Waals surface area contributed by atoms with Gasteiger partial charge in [0.1, 0.15) is 18.2 Å². The molecule has 0 amide bonds. The molecule has 3 nitrogen and oxygen atoms in total. The maximum absolute atomic E-state index is 13.3. The molecule has 1 aromatic carbocycles. The Hall–Kier alpha value is -1.13. The van der Waals surface area contributed by atoms with Crippen LogP contribution in [0.25, 0.3) is 0 Å². The van der Waals surface area contributed by atoms with Crippen LogP contribution in [0, 0.1) is 5.82 Å². The molecular weight excluding hydrogens is 209 g/mol. The summed E-state index contributed by atoms with van der Waals surface area (Å²) in [6, 6.07) is 4.70. The standard InChI is InChI=1S/C12H18FNO2/c1-2-5-15-6-7-16-11-4-3-10(9-14)12(13)8-11/h3-4,8H,2,5-7,9,14H2,1H3. The Balaban J connectivity index is 2.34. The van der Waals surface area contributed by atoms with Gasteiger partial charge in [0, 0.05) is 24.8 Å². The van der Waals surface area contributed by atoms with Crippen molar-refractivity contribution < 1.29 is 13.9 Å². The van der Waals surface area contributed by atoms with Crippen molar-refractivity contribution in [1.82, 2.24) is 0 Å². The second-order valence-corrected chi connectivity index (χ2v) is 3.42. The van der Waals surface area contributed by atoms with Crippen LogP contribution < -0.4 is 10.5 Å². The predicted octanol–water partition coefficient (Wildman–Crippen LogP) is 2.09. The van der Waals surface area contributed by atoms with Gasteiger partial charge in [0.25, 0.3) is 0 Å². The molecular formula is C12H18FNO2. The lowest BCUT2D eigenvalue weighted by Gasteiger charge is -2.07. The zero-order valence-electron chi connectivity index (χ0n) is 9.54. The molecule has 4 heteroatoms. The average molecular weight is 227 g/mol. The fraction of sp³-hybridized carbons (Fsp3) is 0.500. The number of nitrogens with two attached hydrogens (primary N) is 1. The molecule has 0 radical (unpaired) electrons. The average Bonchev–Trinajstić information content (AvgIpc) is 2.29. The van der Waals surface area contributed by atoms with Gasteiger partial charge in [-0.15, -0.1) is 0 Å². The molecule has 0 atom stereocenters. The highest BCUT2D eigenvalue weighted by Crippen LogP contribution is 2.16. The molecule has 90 valence electrons. The summed E-state index contributed by atoms with van der Waals surface area (Å²) in [5.41, 5.74) is 5.85. The summed E-state index contributed by atoms with van der Waals surface area (Å²) in [5, 5.41) is 0. The van der Waals surface area contributed by atoms with Crippen LogP contribution in [0.15, 0.2) is 18.2 Å². The Labute approximate surface area is 95.4 Å². The molecule has 1 rings (SSSR count). The van der Waals surface area contributed by atoms with E-state index in [1.807, 2.05) is 6.92 Å². The number of ether oxygens (including phenoxy) is 2. The molecule has 0 fully saturated rings. The predicted molar refractivity (Wildman–Crippen MR) is 60.9 cm³/mol. The van der Waals surface area contributed by atoms with Crippen LogP contribution in [0.4, 0.5) is 4.39 Å². The molecule has 0 spiro atoms. The van der Waals surface area contributed by atoms with Gasteiger partial charge in [-0.3, -0.25) is 0 Å². The Morgan fingerprint density at radius 2 is 2.06 bits per heavy atom. The van der Waals surface area contributed by atoms with E-state index in [1.165, 1.54) is 6.07 Å². The van der Waals surface area contributed by atoms with Crippen molar-refractivity contribution in [3.63, 3.8) is 0 Å². The molecule has 1 aromatic rings. The summed E-state index contributed by atoms with van der Waals surface area (Å²) in [6.45, 7) is 3.92. The SMILES string of the molecule is CCCOCCOc1ccc(CN)c(F)c1. The molecule has 0 aliphatic heterocycles. The van der Waals surface area contributed by atoms with Gasteiger partial charge in [-0.1, -0.05) is 13.0 Å². The minimum atomic E-state index is -0.325. The van der Waals surface area contributed by atoms with E-state index in [0.717, 1.165) is 13.0 Å². The van der Waals surface area contributed by atoms with Crippen molar-refractivity contribution in [1.29, 1.82) is 0 Å². The molecule has 0 aromatic heterocycles. The van der Waals surface area contributed by atoms with Gasteiger partial charge in [0.05, 0.1) is 6.61 Å². The van der Waals surface area contributed by atoms with Gasteiger partial charge in [0.15, 0.2) is 0 Å². The lowest BCUT2D eigenvalue weighted by Crippen LogP contribution is -2.07. The van der Waals surface area contributed by atoms with Crippen molar-refractivity contribution in [2.45, 2.75) is 19.9 Å². The summed E-state index contributed by atoms with van der Waals surface area (Å²) >= 11 is 0. The van der Waals surface area contributed by atoms with E-state index in [-0.39, 0.29) is 12.4 Å². The van der Waals surface area contributed by atoms with Crippen molar-refractivity contribution in [3.05, 3.63) is 29.6 Å². The van der Waals surface area contributed by atoms with Gasteiger partial charge in [0.2, 0.25) is 0 Å². The lowest BCUT2D eigenvalue weighted by atomic mass is 10.2. The molecule has 0 unspecified atom stereocenters. The fourth-order valence-electron chi connectivity index (χ4n) is 1.25. The summed E-state index contributed by atoms with van der Waals surface area (Å²) in [4.78, 5) is 0. The molecule has 0 aliphatic carbocycles. The minimum Gasteiger partial charge on any atom is -0.491 e. The monoisotopic (exact) mass is 227 g/mol. The Morgan fingerprint density at radius 3 is 2.69 bits per heavy atom. The Bertz CT molecular complexity index is 318. The van der Waals surface area contributed by atoms with Crippen molar-refractivity contribution in [3.8, 4) is 5.75 Å². The van der Waals surface area contributed by atoms with Crippen molar-refractivity contribution in [2.24, 2.45) is 5.73 Å². The van der Waals surface area contributed by atoms with Crippen LogP contribution in [0.5, 0.6) is 5.75 Å². The van der Waals surface area contributed by atoms with Crippen LogP contribution in [0.3, 0.4) is 0 Å². The topological polar surface area (TPSA) is 44.5 Å². The molecule has 0 saturated carbocycles. The third-order valence-electron chi connectivity index (χ3n) is 2.09. The summed E-state index contributed by atoms with van der Waals surface area (Å²) in [5.74, 6) is 0.185. The fourth-order valence-corrected chi connectivity index (χ4v) is 1.25. The van der Waals surface area contributed by atoms with Gasteiger partial charge in [-0.2, -0.15) is 0 Å². The largest absolute Gasteiger partial charge is 0.491 e. The normalized spacial score (nSPS) is 10.4. The third-order valence-corrected chi connectivity index (χ3v) is 2.09. The van der Waals surface area contributed by atoms with Crippen LogP contribution in [-0.4, -0.2) is 19.8 Å². The zero-order chi connectivity index (χ0) is 11.8. The van der Waals surface area contributed by atoms with Crippen LogP contribution >= 0.6 is 0 Å². The smallest absolute Gasteiger partial charge is 0.131 e. The highest BCUT2D eigenvalue weighted by atomic mass is 19.1. The highest BCUT2D eigenvalue weighted by molar-refractivity contribution is 5.28. The third kappa shape index (κ3) is 4.16. The number of hydrogen-bond donors (Lipinski definition) is 1.